The summed E-state index contributed by atoms with van der Waals surface area (Å²) in [6.07, 6.45) is 0.479. The molecule has 0 amide bonds. The quantitative estimate of drug-likeness (QED) is 0.927. The third-order valence-electron chi connectivity index (χ3n) is 3.47. The van der Waals surface area contributed by atoms with Gasteiger partial charge in [-0.1, -0.05) is 6.07 Å². The minimum atomic E-state index is -0.516. The summed E-state index contributed by atoms with van der Waals surface area (Å²) in [5.74, 6) is -0.994. The molecular weight excluding hydrogens is 278 g/mol. The summed E-state index contributed by atoms with van der Waals surface area (Å²) >= 11 is 1.57. The van der Waals surface area contributed by atoms with Crippen LogP contribution in [0.3, 0.4) is 0 Å². The standard InChI is InChI=1S/C15H18F2N2S/c1-8-5-6-11(16)14(15(8)17)12(18-4)7-13-19-9(2)10(3)20-13/h5-6,12,18H,7H2,1-4H3. The van der Waals surface area contributed by atoms with Crippen LogP contribution in [-0.4, -0.2) is 12.0 Å². The lowest BCUT2D eigenvalue weighted by Gasteiger charge is -2.18. The van der Waals surface area contributed by atoms with Crippen LogP contribution < -0.4 is 5.32 Å². The highest BCUT2D eigenvalue weighted by Gasteiger charge is 2.22. The molecule has 20 heavy (non-hydrogen) atoms. The Labute approximate surface area is 121 Å². The number of aromatic nitrogens is 1. The number of likely N-dealkylation sites (N-methyl/N-ethyl adjacent to an activating group) is 1. The maximum Gasteiger partial charge on any atom is 0.133 e. The molecule has 0 aliphatic rings. The van der Waals surface area contributed by atoms with Crippen molar-refractivity contribution < 1.29 is 8.78 Å². The zero-order valence-electron chi connectivity index (χ0n) is 12.1. The van der Waals surface area contributed by atoms with Gasteiger partial charge in [0.05, 0.1) is 10.7 Å². The van der Waals surface area contributed by atoms with E-state index in [9.17, 15) is 8.78 Å². The molecule has 2 rings (SSSR count). The molecule has 1 heterocycles. The first-order valence-electron chi connectivity index (χ1n) is 6.48. The minimum absolute atomic E-state index is 0.0954. The fraction of sp³-hybridized carbons (Fsp3) is 0.400. The molecule has 1 aromatic carbocycles. The molecule has 0 bridgehead atoms. The maximum atomic E-state index is 14.2. The minimum Gasteiger partial charge on any atom is -0.312 e. The van der Waals surface area contributed by atoms with Gasteiger partial charge in [-0.3, -0.25) is 0 Å². The number of nitrogens with zero attached hydrogens (tertiary/aromatic N) is 1. The number of hydrogen-bond donors (Lipinski definition) is 1. The summed E-state index contributed by atoms with van der Waals surface area (Å²) < 4.78 is 28.1. The second-order valence-electron chi connectivity index (χ2n) is 4.89. The Hall–Kier alpha value is -1.33. The van der Waals surface area contributed by atoms with E-state index in [0.29, 0.717) is 12.0 Å². The van der Waals surface area contributed by atoms with E-state index in [1.54, 1.807) is 25.3 Å². The lowest BCUT2D eigenvalue weighted by atomic mass is 10.0. The van der Waals surface area contributed by atoms with Crippen molar-refractivity contribution in [1.82, 2.24) is 10.3 Å². The van der Waals surface area contributed by atoms with Crippen molar-refractivity contribution in [3.8, 4) is 0 Å². The van der Waals surface area contributed by atoms with E-state index in [1.165, 1.54) is 12.1 Å². The molecule has 0 aliphatic heterocycles. The van der Waals surface area contributed by atoms with E-state index in [4.69, 9.17) is 0 Å². The van der Waals surface area contributed by atoms with Crippen LogP contribution in [0.25, 0.3) is 0 Å². The van der Waals surface area contributed by atoms with Crippen LogP contribution in [0.2, 0.25) is 0 Å². The monoisotopic (exact) mass is 296 g/mol. The van der Waals surface area contributed by atoms with Crippen molar-refractivity contribution in [2.75, 3.05) is 7.05 Å². The number of aryl methyl sites for hydroxylation is 3. The van der Waals surface area contributed by atoms with Crippen LogP contribution >= 0.6 is 11.3 Å². The Morgan fingerprint density at radius 1 is 1.25 bits per heavy atom. The zero-order valence-corrected chi connectivity index (χ0v) is 12.9. The average molecular weight is 296 g/mol. The Morgan fingerprint density at radius 3 is 2.50 bits per heavy atom. The molecular formula is C15H18F2N2S. The number of hydrogen-bond acceptors (Lipinski definition) is 3. The maximum absolute atomic E-state index is 14.2. The fourth-order valence-electron chi connectivity index (χ4n) is 2.15. The molecule has 0 spiro atoms. The first kappa shape index (κ1) is 15.1. The molecule has 0 radical (unpaired) electrons. The molecule has 0 saturated heterocycles. The molecule has 1 N–H and O–H groups in total. The van der Waals surface area contributed by atoms with Crippen LogP contribution in [-0.2, 0) is 6.42 Å². The van der Waals surface area contributed by atoms with Gasteiger partial charge in [-0.25, -0.2) is 13.8 Å². The van der Waals surface area contributed by atoms with Gasteiger partial charge in [0.1, 0.15) is 11.6 Å². The lowest BCUT2D eigenvalue weighted by molar-refractivity contribution is 0.485. The molecule has 5 heteroatoms. The van der Waals surface area contributed by atoms with Crippen LogP contribution in [0.1, 0.15) is 32.7 Å². The van der Waals surface area contributed by atoms with E-state index in [1.807, 2.05) is 13.8 Å². The summed E-state index contributed by atoms with van der Waals surface area (Å²) in [7, 11) is 1.71. The SMILES string of the molecule is CNC(Cc1nc(C)c(C)s1)c1c(F)ccc(C)c1F. The highest BCUT2D eigenvalue weighted by molar-refractivity contribution is 7.11. The molecule has 1 unspecified atom stereocenters. The van der Waals surface area contributed by atoms with Gasteiger partial charge in [0.25, 0.3) is 0 Å². The molecule has 108 valence electrons. The average Bonchev–Trinajstić information content (AvgIpc) is 2.72. The predicted octanol–water partition coefficient (Wildman–Crippen LogP) is 3.85. The van der Waals surface area contributed by atoms with Crippen LogP contribution in [0, 0.1) is 32.4 Å². The van der Waals surface area contributed by atoms with Gasteiger partial charge < -0.3 is 5.32 Å². The summed E-state index contributed by atoms with van der Waals surface area (Å²) in [6, 6.07) is 2.36. The molecule has 0 fully saturated rings. The van der Waals surface area contributed by atoms with Gasteiger partial charge in [-0.15, -0.1) is 11.3 Å². The number of benzene rings is 1. The van der Waals surface area contributed by atoms with E-state index in [0.717, 1.165) is 15.6 Å². The third kappa shape index (κ3) is 2.88. The number of halogens is 2. The largest absolute Gasteiger partial charge is 0.312 e. The first-order chi connectivity index (χ1) is 9.43. The first-order valence-corrected chi connectivity index (χ1v) is 7.30. The Balaban J connectivity index is 2.36. The van der Waals surface area contributed by atoms with E-state index in [-0.39, 0.29) is 5.56 Å². The van der Waals surface area contributed by atoms with Crippen LogP contribution in [0.5, 0.6) is 0 Å². The van der Waals surface area contributed by atoms with Crippen molar-refractivity contribution in [3.63, 3.8) is 0 Å². The van der Waals surface area contributed by atoms with Crippen LogP contribution in [0.15, 0.2) is 12.1 Å². The number of nitrogens with one attached hydrogen (secondary N) is 1. The topological polar surface area (TPSA) is 24.9 Å². The summed E-state index contributed by atoms with van der Waals surface area (Å²) in [4.78, 5) is 5.58. The smallest absolute Gasteiger partial charge is 0.133 e. The second kappa shape index (κ2) is 5.97. The fourth-order valence-corrected chi connectivity index (χ4v) is 3.13. The summed E-state index contributed by atoms with van der Waals surface area (Å²) in [5.41, 5.74) is 1.52. The van der Waals surface area contributed by atoms with Crippen molar-refractivity contribution in [1.29, 1.82) is 0 Å². The molecule has 2 nitrogen and oxygen atoms in total. The van der Waals surface area contributed by atoms with Crippen molar-refractivity contribution >= 4 is 11.3 Å². The highest BCUT2D eigenvalue weighted by Crippen LogP contribution is 2.28. The Kier molecular flexibility index (Phi) is 4.50. The molecule has 1 atom stereocenters. The molecule has 0 saturated carbocycles. The van der Waals surface area contributed by atoms with E-state index < -0.39 is 17.7 Å². The Morgan fingerprint density at radius 2 is 1.95 bits per heavy atom. The highest BCUT2D eigenvalue weighted by atomic mass is 32.1. The van der Waals surface area contributed by atoms with Gasteiger partial charge in [0, 0.05) is 22.9 Å². The van der Waals surface area contributed by atoms with Gasteiger partial charge in [-0.2, -0.15) is 0 Å². The Bertz CT molecular complexity index is 603. The number of rotatable bonds is 4. The molecule has 1 aromatic heterocycles. The molecule has 2 aromatic rings. The lowest BCUT2D eigenvalue weighted by Crippen LogP contribution is -2.22. The van der Waals surface area contributed by atoms with Crippen molar-refractivity contribution in [2.45, 2.75) is 33.2 Å². The van der Waals surface area contributed by atoms with Crippen molar-refractivity contribution in [2.24, 2.45) is 0 Å². The third-order valence-corrected chi connectivity index (χ3v) is 4.56. The second-order valence-corrected chi connectivity index (χ2v) is 6.17. The van der Waals surface area contributed by atoms with Gasteiger partial charge in [0.15, 0.2) is 0 Å². The van der Waals surface area contributed by atoms with Gasteiger partial charge in [0.2, 0.25) is 0 Å². The van der Waals surface area contributed by atoms with E-state index >= 15 is 0 Å². The van der Waals surface area contributed by atoms with Crippen LogP contribution in [0.4, 0.5) is 8.78 Å². The zero-order chi connectivity index (χ0) is 14.9. The summed E-state index contributed by atoms with van der Waals surface area (Å²) in [5, 5.41) is 3.88. The normalized spacial score (nSPS) is 12.7. The number of thiazole rings is 1. The molecule has 0 aliphatic carbocycles. The van der Waals surface area contributed by atoms with Gasteiger partial charge in [-0.05, 0) is 39.4 Å². The summed E-state index contributed by atoms with van der Waals surface area (Å²) in [6.45, 7) is 5.58. The van der Waals surface area contributed by atoms with Gasteiger partial charge >= 0.3 is 0 Å². The van der Waals surface area contributed by atoms with E-state index in [2.05, 4.69) is 10.3 Å². The van der Waals surface area contributed by atoms with Crippen molar-refractivity contribution in [3.05, 3.63) is 50.5 Å². The predicted molar refractivity (Wildman–Crippen MR) is 78.2 cm³/mol.